The summed E-state index contributed by atoms with van der Waals surface area (Å²) in [6.07, 6.45) is -2.49. The molecule has 1 atom stereocenters. The summed E-state index contributed by atoms with van der Waals surface area (Å²) in [7, 11) is -2.65. The summed E-state index contributed by atoms with van der Waals surface area (Å²) >= 11 is 0. The van der Waals surface area contributed by atoms with Gasteiger partial charge in [-0.05, 0) is 26.3 Å². The Morgan fingerprint density at radius 2 is 2.04 bits per heavy atom. The van der Waals surface area contributed by atoms with Gasteiger partial charge in [0, 0.05) is 34.7 Å². The Bertz CT molecular complexity index is 1060. The fourth-order valence-corrected chi connectivity index (χ4v) is 4.08. The van der Waals surface area contributed by atoms with Gasteiger partial charge in [-0.2, -0.15) is 13.2 Å². The molecule has 0 aliphatic rings. The van der Waals surface area contributed by atoms with E-state index in [2.05, 4.69) is 20.3 Å². The molecule has 0 saturated heterocycles. The fraction of sp³-hybridized carbons (Fsp3) is 0.333. The van der Waals surface area contributed by atoms with Crippen molar-refractivity contribution in [1.29, 1.82) is 0 Å². The zero-order valence-corrected chi connectivity index (χ0v) is 16.4. The molecular weight excluding hydrogens is 392 g/mol. The van der Waals surface area contributed by atoms with Gasteiger partial charge in [0.2, 0.25) is 5.95 Å². The summed E-state index contributed by atoms with van der Waals surface area (Å²) in [4.78, 5) is 10.8. The predicted molar refractivity (Wildman–Crippen MR) is 104 cm³/mol. The fourth-order valence-electron chi connectivity index (χ4n) is 2.91. The molecule has 3 rings (SSSR count). The van der Waals surface area contributed by atoms with Crippen LogP contribution < -0.4 is 10.6 Å². The maximum atomic E-state index is 13.6. The molecule has 3 aromatic rings. The summed E-state index contributed by atoms with van der Waals surface area (Å²) in [6, 6.07) is 4.59. The molecule has 0 unspecified atom stereocenters. The van der Waals surface area contributed by atoms with Crippen molar-refractivity contribution in [2.75, 3.05) is 25.3 Å². The van der Waals surface area contributed by atoms with Crippen molar-refractivity contribution in [3.63, 3.8) is 0 Å². The number of aliphatic hydroxyl groups is 1. The molecule has 28 heavy (non-hydrogen) atoms. The number of hydrogen-bond donors (Lipinski definition) is 3. The summed E-state index contributed by atoms with van der Waals surface area (Å²) < 4.78 is 53.3. The maximum Gasteiger partial charge on any atom is 0.419 e. The van der Waals surface area contributed by atoms with Crippen LogP contribution in [0.1, 0.15) is 12.5 Å². The van der Waals surface area contributed by atoms with Crippen LogP contribution in [-0.4, -0.2) is 46.0 Å². The molecule has 0 amide bonds. The molecule has 6 nitrogen and oxygen atoms in total. The first-order valence-corrected chi connectivity index (χ1v) is 11.1. The van der Waals surface area contributed by atoms with Crippen molar-refractivity contribution in [1.82, 2.24) is 15.0 Å². The standard InChI is InChI=1S/C18H20F3N4O2P/c1-10(9-26)24-17-23-8-13(18(19,20)21)15(25-17)12-7-22-16-11(12)5-4-6-14(16)28(2,3)27/h4-8,10,22,26H,9H2,1-3H3,(H,23,24,25)/t10-/m1/s1. The highest BCUT2D eigenvalue weighted by Gasteiger charge is 2.36. The summed E-state index contributed by atoms with van der Waals surface area (Å²) in [5, 5.41) is 13.0. The molecule has 0 aliphatic heterocycles. The molecule has 3 N–H and O–H groups in total. The van der Waals surface area contributed by atoms with Crippen LogP contribution in [0.25, 0.3) is 22.2 Å². The Morgan fingerprint density at radius 3 is 2.64 bits per heavy atom. The van der Waals surface area contributed by atoms with E-state index in [-0.39, 0.29) is 23.8 Å². The number of benzene rings is 1. The highest BCUT2D eigenvalue weighted by atomic mass is 31.2. The van der Waals surface area contributed by atoms with E-state index in [4.69, 9.17) is 5.11 Å². The second-order valence-corrected chi connectivity index (χ2v) is 10.1. The van der Waals surface area contributed by atoms with E-state index in [1.165, 1.54) is 6.20 Å². The Hall–Kier alpha value is -2.38. The predicted octanol–water partition coefficient (Wildman–Crippen LogP) is 3.68. The first-order valence-electron chi connectivity index (χ1n) is 8.50. The van der Waals surface area contributed by atoms with E-state index in [1.807, 2.05) is 0 Å². The highest BCUT2D eigenvalue weighted by molar-refractivity contribution is 7.70. The van der Waals surface area contributed by atoms with Crippen molar-refractivity contribution >= 4 is 29.3 Å². The number of anilines is 1. The van der Waals surface area contributed by atoms with E-state index in [0.717, 1.165) is 6.20 Å². The zero-order chi connectivity index (χ0) is 20.7. The van der Waals surface area contributed by atoms with E-state index < -0.39 is 24.9 Å². The first-order chi connectivity index (χ1) is 13.0. The number of para-hydroxylation sites is 1. The van der Waals surface area contributed by atoms with Crippen LogP contribution in [0.15, 0.2) is 30.6 Å². The second-order valence-electron chi connectivity index (χ2n) is 6.93. The number of fused-ring (bicyclic) bond motifs is 1. The number of halogens is 3. The van der Waals surface area contributed by atoms with Crippen molar-refractivity contribution in [3.05, 3.63) is 36.2 Å². The van der Waals surface area contributed by atoms with Crippen molar-refractivity contribution < 1.29 is 22.8 Å². The van der Waals surface area contributed by atoms with Crippen LogP contribution in [0, 0.1) is 0 Å². The minimum atomic E-state index is -4.65. The van der Waals surface area contributed by atoms with Gasteiger partial charge in [-0.1, -0.05) is 12.1 Å². The Kier molecular flexibility index (Phi) is 5.25. The van der Waals surface area contributed by atoms with Crippen LogP contribution >= 0.6 is 7.14 Å². The van der Waals surface area contributed by atoms with Gasteiger partial charge in [-0.25, -0.2) is 9.97 Å². The molecule has 2 aromatic heterocycles. The lowest BCUT2D eigenvalue weighted by atomic mass is 10.1. The molecule has 2 heterocycles. The number of hydrogen-bond acceptors (Lipinski definition) is 5. The molecule has 0 fully saturated rings. The number of H-pyrrole nitrogens is 1. The topological polar surface area (TPSA) is 90.9 Å². The molecule has 0 bridgehead atoms. The second kappa shape index (κ2) is 7.22. The van der Waals surface area contributed by atoms with Gasteiger partial charge in [0.15, 0.2) is 0 Å². The van der Waals surface area contributed by atoms with Gasteiger partial charge in [-0.3, -0.25) is 0 Å². The third kappa shape index (κ3) is 3.91. The molecule has 0 saturated carbocycles. The van der Waals surface area contributed by atoms with Crippen LogP contribution in [0.5, 0.6) is 0 Å². The largest absolute Gasteiger partial charge is 0.419 e. The summed E-state index contributed by atoms with van der Waals surface area (Å²) in [5.74, 6) is -0.0216. The lowest BCUT2D eigenvalue weighted by Gasteiger charge is -2.15. The lowest BCUT2D eigenvalue weighted by molar-refractivity contribution is -0.137. The minimum absolute atomic E-state index is 0.0216. The van der Waals surface area contributed by atoms with E-state index in [0.29, 0.717) is 16.2 Å². The van der Waals surface area contributed by atoms with Gasteiger partial charge >= 0.3 is 6.18 Å². The van der Waals surface area contributed by atoms with Crippen LogP contribution in [0.4, 0.5) is 19.1 Å². The van der Waals surface area contributed by atoms with Gasteiger partial charge in [0.1, 0.15) is 12.7 Å². The smallest absolute Gasteiger partial charge is 0.394 e. The third-order valence-electron chi connectivity index (χ3n) is 4.27. The Labute approximate surface area is 159 Å². The van der Waals surface area contributed by atoms with Gasteiger partial charge < -0.3 is 20.0 Å². The van der Waals surface area contributed by atoms with E-state index >= 15 is 0 Å². The molecular formula is C18H20F3N4O2P. The number of aromatic amines is 1. The number of alkyl halides is 3. The maximum absolute atomic E-state index is 13.6. The first kappa shape index (κ1) is 20.4. The third-order valence-corrected chi connectivity index (χ3v) is 5.81. The quantitative estimate of drug-likeness (QED) is 0.556. The zero-order valence-electron chi connectivity index (χ0n) is 15.5. The van der Waals surface area contributed by atoms with Crippen LogP contribution in [-0.2, 0) is 10.7 Å². The molecule has 0 spiro atoms. The van der Waals surface area contributed by atoms with Gasteiger partial charge in [0.25, 0.3) is 0 Å². The lowest BCUT2D eigenvalue weighted by Crippen LogP contribution is -2.21. The number of nitrogens with one attached hydrogen (secondary N) is 2. The molecule has 10 heteroatoms. The average Bonchev–Trinajstić information content (AvgIpc) is 3.03. The summed E-state index contributed by atoms with van der Waals surface area (Å²) in [6.45, 7) is 4.63. The molecule has 1 aromatic carbocycles. The number of aromatic nitrogens is 3. The molecule has 150 valence electrons. The van der Waals surface area contributed by atoms with E-state index in [9.17, 15) is 17.7 Å². The SMILES string of the molecule is C[C@H](CO)Nc1ncc(C(F)(F)F)c(-c2c[nH]c3c(P(C)(C)=O)cccc23)n1. The monoisotopic (exact) mass is 412 g/mol. The van der Waals surface area contributed by atoms with E-state index in [1.54, 1.807) is 38.5 Å². The highest BCUT2D eigenvalue weighted by Crippen LogP contribution is 2.41. The van der Waals surface area contributed by atoms with Crippen molar-refractivity contribution in [2.45, 2.75) is 19.1 Å². The van der Waals surface area contributed by atoms with Gasteiger partial charge in [0.05, 0.1) is 17.8 Å². The van der Waals surface area contributed by atoms with Gasteiger partial charge in [-0.15, -0.1) is 0 Å². The normalized spacial score (nSPS) is 13.7. The van der Waals surface area contributed by atoms with Crippen molar-refractivity contribution in [2.24, 2.45) is 0 Å². The van der Waals surface area contributed by atoms with Crippen LogP contribution in [0.3, 0.4) is 0 Å². The van der Waals surface area contributed by atoms with Crippen LogP contribution in [0.2, 0.25) is 0 Å². The Morgan fingerprint density at radius 1 is 1.32 bits per heavy atom. The molecule has 0 aliphatic carbocycles. The average molecular weight is 412 g/mol. The number of nitrogens with zero attached hydrogens (tertiary/aromatic N) is 2. The number of rotatable bonds is 5. The van der Waals surface area contributed by atoms with Crippen molar-refractivity contribution in [3.8, 4) is 11.3 Å². The minimum Gasteiger partial charge on any atom is -0.394 e. The molecule has 0 radical (unpaired) electrons. The number of aliphatic hydroxyl groups excluding tert-OH is 1. The Balaban J connectivity index is 2.24. The summed E-state index contributed by atoms with van der Waals surface area (Å²) in [5.41, 5.74) is -0.506.